The first kappa shape index (κ1) is 20.3. The SMILES string of the molecule is CCOc1ccc(CN(C)Cn2nc(Cc3ccccc3)n(CC)c2=S)cc1. The highest BCUT2D eigenvalue weighted by Gasteiger charge is 2.12. The summed E-state index contributed by atoms with van der Waals surface area (Å²) in [5, 5.41) is 4.81. The maximum atomic E-state index is 5.68. The topological polar surface area (TPSA) is 35.2 Å². The van der Waals surface area contributed by atoms with Gasteiger partial charge in [-0.25, -0.2) is 4.68 Å². The normalized spacial score (nSPS) is 11.1. The summed E-state index contributed by atoms with van der Waals surface area (Å²) in [5.74, 6) is 1.91. The summed E-state index contributed by atoms with van der Waals surface area (Å²) in [7, 11) is 2.08. The minimum atomic E-state index is 0.654. The predicted molar refractivity (Wildman–Crippen MR) is 115 cm³/mol. The van der Waals surface area contributed by atoms with Gasteiger partial charge in [-0.2, -0.15) is 5.10 Å². The molecule has 0 unspecified atom stereocenters. The quantitative estimate of drug-likeness (QED) is 0.499. The van der Waals surface area contributed by atoms with Crippen LogP contribution in [-0.4, -0.2) is 32.9 Å². The third-order valence-electron chi connectivity index (χ3n) is 4.58. The zero-order valence-electron chi connectivity index (χ0n) is 16.8. The summed E-state index contributed by atoms with van der Waals surface area (Å²) >= 11 is 5.68. The number of benzene rings is 2. The van der Waals surface area contributed by atoms with E-state index < -0.39 is 0 Å². The van der Waals surface area contributed by atoms with E-state index in [2.05, 4.69) is 59.8 Å². The molecule has 5 nitrogen and oxygen atoms in total. The van der Waals surface area contributed by atoms with E-state index in [9.17, 15) is 0 Å². The van der Waals surface area contributed by atoms with E-state index in [4.69, 9.17) is 22.1 Å². The van der Waals surface area contributed by atoms with Gasteiger partial charge in [-0.15, -0.1) is 0 Å². The van der Waals surface area contributed by atoms with E-state index in [1.165, 1.54) is 11.1 Å². The van der Waals surface area contributed by atoms with E-state index in [0.717, 1.165) is 35.9 Å². The van der Waals surface area contributed by atoms with Gasteiger partial charge in [-0.05, 0) is 56.4 Å². The fourth-order valence-electron chi connectivity index (χ4n) is 3.25. The maximum absolute atomic E-state index is 5.68. The van der Waals surface area contributed by atoms with Crippen LogP contribution in [0.3, 0.4) is 0 Å². The van der Waals surface area contributed by atoms with Gasteiger partial charge in [0.1, 0.15) is 11.6 Å². The van der Waals surface area contributed by atoms with Crippen molar-refractivity contribution in [1.82, 2.24) is 19.2 Å². The monoisotopic (exact) mass is 396 g/mol. The Balaban J connectivity index is 1.70. The highest BCUT2D eigenvalue weighted by molar-refractivity contribution is 7.71. The lowest BCUT2D eigenvalue weighted by molar-refractivity contribution is 0.243. The van der Waals surface area contributed by atoms with Crippen LogP contribution >= 0.6 is 12.2 Å². The molecule has 0 aliphatic carbocycles. The van der Waals surface area contributed by atoms with Crippen molar-refractivity contribution < 1.29 is 4.74 Å². The van der Waals surface area contributed by atoms with Crippen molar-refractivity contribution in [3.63, 3.8) is 0 Å². The van der Waals surface area contributed by atoms with Crippen LogP contribution in [0.5, 0.6) is 5.75 Å². The fourth-order valence-corrected chi connectivity index (χ4v) is 3.59. The zero-order chi connectivity index (χ0) is 19.9. The summed E-state index contributed by atoms with van der Waals surface area (Å²) in [6.07, 6.45) is 0.786. The Kier molecular flexibility index (Phi) is 7.01. The lowest BCUT2D eigenvalue weighted by Gasteiger charge is -2.16. The van der Waals surface area contributed by atoms with E-state index in [-0.39, 0.29) is 0 Å². The molecule has 0 amide bonds. The number of aromatic nitrogens is 3. The average molecular weight is 397 g/mol. The molecule has 0 saturated heterocycles. The van der Waals surface area contributed by atoms with Gasteiger partial charge in [0.2, 0.25) is 0 Å². The molecule has 28 heavy (non-hydrogen) atoms. The van der Waals surface area contributed by atoms with Gasteiger partial charge in [0.15, 0.2) is 4.77 Å². The Morgan fingerprint density at radius 3 is 2.36 bits per heavy atom. The van der Waals surface area contributed by atoms with Crippen LogP contribution in [0.4, 0.5) is 0 Å². The van der Waals surface area contributed by atoms with Gasteiger partial charge in [0.05, 0.1) is 13.3 Å². The van der Waals surface area contributed by atoms with Gasteiger partial charge in [-0.3, -0.25) is 4.90 Å². The van der Waals surface area contributed by atoms with E-state index >= 15 is 0 Å². The average Bonchev–Trinajstić information content (AvgIpc) is 2.98. The van der Waals surface area contributed by atoms with Gasteiger partial charge in [-0.1, -0.05) is 42.5 Å². The van der Waals surface area contributed by atoms with Crippen molar-refractivity contribution in [2.75, 3.05) is 13.7 Å². The fraction of sp³-hybridized carbons (Fsp3) is 0.364. The number of ether oxygens (including phenoxy) is 1. The summed E-state index contributed by atoms with van der Waals surface area (Å²) in [6.45, 7) is 7.08. The molecule has 1 aromatic heterocycles. The molecule has 0 aliphatic rings. The van der Waals surface area contributed by atoms with E-state index in [1.54, 1.807) is 0 Å². The second-order valence-corrected chi connectivity index (χ2v) is 7.20. The van der Waals surface area contributed by atoms with Crippen molar-refractivity contribution in [3.8, 4) is 5.75 Å². The molecule has 0 N–H and O–H groups in total. The minimum absolute atomic E-state index is 0.654. The highest BCUT2D eigenvalue weighted by atomic mass is 32.1. The van der Waals surface area contributed by atoms with Crippen molar-refractivity contribution in [3.05, 3.63) is 76.3 Å². The summed E-state index contributed by atoms with van der Waals surface area (Å²) in [4.78, 5) is 2.21. The molecular formula is C22H28N4OS. The van der Waals surface area contributed by atoms with Crippen LogP contribution < -0.4 is 4.74 Å². The molecular weight excluding hydrogens is 368 g/mol. The Labute approximate surface area is 172 Å². The summed E-state index contributed by atoms with van der Waals surface area (Å²) in [6, 6.07) is 18.6. The van der Waals surface area contributed by atoms with Crippen LogP contribution in [0, 0.1) is 4.77 Å². The molecule has 6 heteroatoms. The van der Waals surface area contributed by atoms with E-state index in [0.29, 0.717) is 13.3 Å². The lowest BCUT2D eigenvalue weighted by atomic mass is 10.1. The second-order valence-electron chi connectivity index (χ2n) is 6.84. The van der Waals surface area contributed by atoms with Gasteiger partial charge < -0.3 is 9.30 Å². The first-order valence-corrected chi connectivity index (χ1v) is 10.1. The lowest BCUT2D eigenvalue weighted by Crippen LogP contribution is -2.22. The molecule has 3 aromatic rings. The van der Waals surface area contributed by atoms with Crippen molar-refractivity contribution in [2.45, 2.75) is 40.0 Å². The Hall–Kier alpha value is -2.44. The predicted octanol–water partition coefficient (Wildman–Crippen LogP) is 4.51. The molecule has 148 valence electrons. The zero-order valence-corrected chi connectivity index (χ0v) is 17.7. The van der Waals surface area contributed by atoms with Gasteiger partial charge in [0.25, 0.3) is 0 Å². The maximum Gasteiger partial charge on any atom is 0.199 e. The first-order valence-electron chi connectivity index (χ1n) is 9.71. The van der Waals surface area contributed by atoms with Crippen LogP contribution in [0.15, 0.2) is 54.6 Å². The number of hydrogen-bond donors (Lipinski definition) is 0. The first-order chi connectivity index (χ1) is 13.6. The number of rotatable bonds is 9. The molecule has 0 spiro atoms. The van der Waals surface area contributed by atoms with Gasteiger partial charge >= 0.3 is 0 Å². The van der Waals surface area contributed by atoms with Crippen molar-refractivity contribution >= 4 is 12.2 Å². The molecule has 0 aliphatic heterocycles. The largest absolute Gasteiger partial charge is 0.494 e. The van der Waals surface area contributed by atoms with Crippen molar-refractivity contribution in [2.24, 2.45) is 0 Å². The highest BCUT2D eigenvalue weighted by Crippen LogP contribution is 2.14. The van der Waals surface area contributed by atoms with Crippen molar-refractivity contribution in [1.29, 1.82) is 0 Å². The Morgan fingerprint density at radius 1 is 1.00 bits per heavy atom. The number of hydrogen-bond acceptors (Lipinski definition) is 4. The Bertz CT molecular complexity index is 931. The molecule has 0 atom stereocenters. The van der Waals surface area contributed by atoms with Crippen LogP contribution in [0.1, 0.15) is 30.8 Å². The third kappa shape index (κ3) is 5.09. The van der Waals surface area contributed by atoms with Crippen LogP contribution in [0.25, 0.3) is 0 Å². The standard InChI is InChI=1S/C22H28N4OS/c1-4-25-21(15-18-9-7-6-8-10-18)23-26(22(25)28)17-24(3)16-19-11-13-20(14-12-19)27-5-2/h6-14H,4-5,15-17H2,1-3H3. The molecule has 0 fully saturated rings. The summed E-state index contributed by atoms with van der Waals surface area (Å²) in [5.41, 5.74) is 2.48. The summed E-state index contributed by atoms with van der Waals surface area (Å²) < 4.78 is 10.3. The van der Waals surface area contributed by atoms with Crippen LogP contribution in [0.2, 0.25) is 0 Å². The third-order valence-corrected chi connectivity index (χ3v) is 5.01. The number of nitrogens with zero attached hydrogens (tertiary/aromatic N) is 4. The van der Waals surface area contributed by atoms with Gasteiger partial charge in [0, 0.05) is 19.5 Å². The second kappa shape index (κ2) is 9.66. The minimum Gasteiger partial charge on any atom is -0.494 e. The molecule has 0 saturated carbocycles. The molecule has 3 rings (SSSR count). The molecule has 0 radical (unpaired) electrons. The molecule has 2 aromatic carbocycles. The smallest absolute Gasteiger partial charge is 0.199 e. The van der Waals surface area contributed by atoms with E-state index in [1.807, 2.05) is 29.8 Å². The van der Waals surface area contributed by atoms with Crippen LogP contribution in [-0.2, 0) is 26.2 Å². The molecule has 1 heterocycles. The Morgan fingerprint density at radius 2 is 1.71 bits per heavy atom. The molecule has 0 bridgehead atoms.